The molecule has 0 aliphatic carbocycles. The van der Waals surface area contributed by atoms with Gasteiger partial charge in [0.2, 0.25) is 0 Å². The molecular formula is C6H6ClN3. The fraction of sp³-hybridized carbons (Fsp3) is 0.333. The van der Waals surface area contributed by atoms with Crippen LogP contribution >= 0.6 is 11.6 Å². The van der Waals surface area contributed by atoms with E-state index in [2.05, 4.69) is 4.98 Å². The molecule has 3 nitrogen and oxygen atoms in total. The zero-order valence-electron chi connectivity index (χ0n) is 5.45. The Morgan fingerprint density at radius 3 is 3.00 bits per heavy atom. The molecule has 1 rings (SSSR count). The second kappa shape index (κ2) is 2.72. The Bertz CT molecular complexity index is 260. The summed E-state index contributed by atoms with van der Waals surface area (Å²) in [5.74, 6) is 0. The smallest absolute Gasteiger partial charge is 0.161 e. The maximum Gasteiger partial charge on any atom is 0.161 e. The summed E-state index contributed by atoms with van der Waals surface area (Å²) < 4.78 is 1.72. The lowest BCUT2D eigenvalue weighted by Gasteiger charge is -1.98. The van der Waals surface area contributed by atoms with Crippen molar-refractivity contribution in [3.8, 4) is 6.07 Å². The molecule has 1 heterocycles. The zero-order valence-corrected chi connectivity index (χ0v) is 6.21. The zero-order chi connectivity index (χ0) is 7.56. The molecule has 4 heteroatoms. The quantitative estimate of drug-likeness (QED) is 0.573. The van der Waals surface area contributed by atoms with Gasteiger partial charge in [0.25, 0.3) is 0 Å². The highest BCUT2D eigenvalue weighted by Crippen LogP contribution is 2.16. The Hall–Kier alpha value is -1.01. The Morgan fingerprint density at radius 1 is 1.90 bits per heavy atom. The summed E-state index contributed by atoms with van der Waals surface area (Å²) in [5, 5.41) is 7.82. The SMILES string of the molecule is Cn1cncc1C(Cl)C#N. The normalized spacial score (nSPS) is 12.5. The summed E-state index contributed by atoms with van der Waals surface area (Å²) in [7, 11) is 1.80. The van der Waals surface area contributed by atoms with E-state index < -0.39 is 5.38 Å². The molecule has 0 aromatic carbocycles. The van der Waals surface area contributed by atoms with Crippen molar-refractivity contribution in [3.63, 3.8) is 0 Å². The lowest BCUT2D eigenvalue weighted by atomic mass is 10.3. The average molecular weight is 156 g/mol. The number of hydrogen-bond acceptors (Lipinski definition) is 2. The van der Waals surface area contributed by atoms with Crippen LogP contribution < -0.4 is 0 Å². The highest BCUT2D eigenvalue weighted by Gasteiger charge is 2.08. The van der Waals surface area contributed by atoms with Gasteiger partial charge in [-0.25, -0.2) is 4.98 Å². The Labute approximate surface area is 63.9 Å². The minimum Gasteiger partial charge on any atom is -0.336 e. The summed E-state index contributed by atoms with van der Waals surface area (Å²) in [6.07, 6.45) is 3.20. The van der Waals surface area contributed by atoms with E-state index in [0.717, 1.165) is 5.69 Å². The minimum atomic E-state index is -0.590. The van der Waals surface area contributed by atoms with Gasteiger partial charge in [0.05, 0.1) is 24.3 Å². The first-order chi connectivity index (χ1) is 4.75. The van der Waals surface area contributed by atoms with Crippen LogP contribution in [0.4, 0.5) is 0 Å². The van der Waals surface area contributed by atoms with Crippen LogP contribution in [0.1, 0.15) is 11.1 Å². The second-order valence-corrected chi connectivity index (χ2v) is 2.36. The molecule has 0 bridgehead atoms. The van der Waals surface area contributed by atoms with Gasteiger partial charge >= 0.3 is 0 Å². The van der Waals surface area contributed by atoms with Gasteiger partial charge in [-0.2, -0.15) is 5.26 Å². The van der Waals surface area contributed by atoms with E-state index in [1.165, 1.54) is 0 Å². The molecule has 0 aliphatic heterocycles. The average Bonchev–Trinajstić information content (AvgIpc) is 2.34. The topological polar surface area (TPSA) is 41.6 Å². The van der Waals surface area contributed by atoms with Crippen LogP contribution in [-0.4, -0.2) is 9.55 Å². The molecule has 0 saturated heterocycles. The van der Waals surface area contributed by atoms with Crippen molar-refractivity contribution in [2.75, 3.05) is 0 Å². The largest absolute Gasteiger partial charge is 0.336 e. The lowest BCUT2D eigenvalue weighted by molar-refractivity contribution is 0.845. The molecular weight excluding hydrogens is 150 g/mol. The monoisotopic (exact) mass is 155 g/mol. The van der Waals surface area contributed by atoms with E-state index in [1.807, 2.05) is 6.07 Å². The number of nitriles is 1. The van der Waals surface area contributed by atoms with Crippen molar-refractivity contribution in [1.29, 1.82) is 5.26 Å². The van der Waals surface area contributed by atoms with Gasteiger partial charge in [-0.05, 0) is 0 Å². The molecule has 0 N–H and O–H groups in total. The molecule has 1 unspecified atom stereocenters. The lowest BCUT2D eigenvalue weighted by Crippen LogP contribution is -1.95. The van der Waals surface area contributed by atoms with Crippen LogP contribution in [0.5, 0.6) is 0 Å². The number of rotatable bonds is 1. The molecule has 0 radical (unpaired) electrons. The molecule has 1 aromatic rings. The first-order valence-electron chi connectivity index (χ1n) is 2.75. The molecule has 0 amide bonds. The highest BCUT2D eigenvalue weighted by molar-refractivity contribution is 6.22. The Balaban J connectivity index is 2.96. The van der Waals surface area contributed by atoms with E-state index >= 15 is 0 Å². The number of halogens is 1. The first kappa shape index (κ1) is 7.10. The fourth-order valence-corrected chi connectivity index (χ4v) is 0.888. The van der Waals surface area contributed by atoms with Gasteiger partial charge in [-0.3, -0.25) is 0 Å². The molecule has 10 heavy (non-hydrogen) atoms. The molecule has 1 atom stereocenters. The van der Waals surface area contributed by atoms with Gasteiger partial charge < -0.3 is 4.57 Å². The number of aromatic nitrogens is 2. The highest BCUT2D eigenvalue weighted by atomic mass is 35.5. The van der Waals surface area contributed by atoms with E-state index in [4.69, 9.17) is 16.9 Å². The Kier molecular flexibility index (Phi) is 1.93. The van der Waals surface area contributed by atoms with Crippen LogP contribution in [0.2, 0.25) is 0 Å². The van der Waals surface area contributed by atoms with Crippen molar-refractivity contribution >= 4 is 11.6 Å². The van der Waals surface area contributed by atoms with E-state index in [1.54, 1.807) is 24.1 Å². The molecule has 0 spiro atoms. The summed E-state index contributed by atoms with van der Waals surface area (Å²) in [6.45, 7) is 0. The Morgan fingerprint density at radius 2 is 2.60 bits per heavy atom. The minimum absolute atomic E-state index is 0.590. The number of nitrogens with zero attached hydrogens (tertiary/aromatic N) is 3. The maximum absolute atomic E-state index is 8.41. The maximum atomic E-state index is 8.41. The number of alkyl halides is 1. The van der Waals surface area contributed by atoms with Gasteiger partial charge in [0.15, 0.2) is 5.38 Å². The van der Waals surface area contributed by atoms with Crippen LogP contribution in [0, 0.1) is 11.3 Å². The van der Waals surface area contributed by atoms with Crippen molar-refractivity contribution in [3.05, 3.63) is 18.2 Å². The predicted molar refractivity (Wildman–Crippen MR) is 37.4 cm³/mol. The third kappa shape index (κ3) is 1.12. The number of imidazole rings is 1. The predicted octanol–water partition coefficient (Wildman–Crippen LogP) is 1.22. The van der Waals surface area contributed by atoms with E-state index in [0.29, 0.717) is 0 Å². The summed E-state index contributed by atoms with van der Waals surface area (Å²) in [5.41, 5.74) is 0.726. The molecule has 0 aliphatic rings. The standard InChI is InChI=1S/C6H6ClN3/c1-10-4-9-3-6(10)5(7)2-8/h3-5H,1H3. The van der Waals surface area contributed by atoms with Crippen molar-refractivity contribution < 1.29 is 0 Å². The fourth-order valence-electron chi connectivity index (χ4n) is 0.678. The van der Waals surface area contributed by atoms with Gasteiger partial charge in [-0.15, -0.1) is 0 Å². The third-order valence-corrected chi connectivity index (χ3v) is 1.55. The summed E-state index contributed by atoms with van der Waals surface area (Å²) >= 11 is 5.62. The van der Waals surface area contributed by atoms with Gasteiger partial charge in [-0.1, -0.05) is 11.6 Å². The van der Waals surface area contributed by atoms with Crippen LogP contribution in [0.25, 0.3) is 0 Å². The molecule has 52 valence electrons. The summed E-state index contributed by atoms with van der Waals surface area (Å²) in [6, 6.07) is 1.91. The van der Waals surface area contributed by atoms with Crippen LogP contribution in [0.15, 0.2) is 12.5 Å². The van der Waals surface area contributed by atoms with Crippen molar-refractivity contribution in [2.45, 2.75) is 5.38 Å². The molecule has 0 saturated carbocycles. The number of hydrogen-bond donors (Lipinski definition) is 0. The molecule has 0 fully saturated rings. The first-order valence-corrected chi connectivity index (χ1v) is 3.19. The third-order valence-electron chi connectivity index (χ3n) is 1.23. The van der Waals surface area contributed by atoms with E-state index in [-0.39, 0.29) is 0 Å². The molecule has 1 aromatic heterocycles. The number of aryl methyl sites for hydroxylation is 1. The van der Waals surface area contributed by atoms with E-state index in [9.17, 15) is 0 Å². The van der Waals surface area contributed by atoms with Gasteiger partial charge in [0.1, 0.15) is 0 Å². The van der Waals surface area contributed by atoms with Crippen molar-refractivity contribution in [2.24, 2.45) is 7.05 Å². The van der Waals surface area contributed by atoms with Gasteiger partial charge in [0, 0.05) is 7.05 Å². The van der Waals surface area contributed by atoms with Crippen molar-refractivity contribution in [1.82, 2.24) is 9.55 Å². The second-order valence-electron chi connectivity index (χ2n) is 1.92. The van der Waals surface area contributed by atoms with Crippen LogP contribution in [0.3, 0.4) is 0 Å². The summed E-state index contributed by atoms with van der Waals surface area (Å²) in [4.78, 5) is 3.82. The van der Waals surface area contributed by atoms with Crippen LogP contribution in [-0.2, 0) is 7.05 Å².